The van der Waals surface area contributed by atoms with Gasteiger partial charge < -0.3 is 15.0 Å². The number of hydrogen-bond acceptors (Lipinski definition) is 5. The number of nitrogens with two attached hydrogens (primary N) is 1. The lowest BCUT2D eigenvalue weighted by molar-refractivity contribution is 0.190. The van der Waals surface area contributed by atoms with Crippen molar-refractivity contribution >= 4 is 11.2 Å². The van der Waals surface area contributed by atoms with Crippen molar-refractivity contribution in [2.75, 3.05) is 13.7 Å². The summed E-state index contributed by atoms with van der Waals surface area (Å²) < 4.78 is 9.40. The number of ether oxygens (including phenoxy) is 1. The molecule has 2 rings (SSSR count). The summed E-state index contributed by atoms with van der Waals surface area (Å²) in [6.07, 6.45) is 2.90. The summed E-state index contributed by atoms with van der Waals surface area (Å²) in [4.78, 5) is 29.4. The van der Waals surface area contributed by atoms with Crippen molar-refractivity contribution in [3.05, 3.63) is 27.2 Å². The predicted octanol–water partition coefficient (Wildman–Crippen LogP) is -0.329. The van der Waals surface area contributed by atoms with Crippen molar-refractivity contribution in [1.82, 2.24) is 18.7 Å². The predicted molar refractivity (Wildman–Crippen MR) is 84.0 cm³/mol. The Labute approximate surface area is 128 Å². The highest BCUT2D eigenvalue weighted by Crippen LogP contribution is 2.06. The highest BCUT2D eigenvalue weighted by atomic mass is 16.5. The largest absolute Gasteiger partial charge is 0.385 e. The topological polar surface area (TPSA) is 97.1 Å². The van der Waals surface area contributed by atoms with Crippen LogP contribution in [0.1, 0.15) is 19.8 Å². The third-order valence-electron chi connectivity index (χ3n) is 3.75. The van der Waals surface area contributed by atoms with Crippen LogP contribution in [0.25, 0.3) is 11.2 Å². The first-order valence-corrected chi connectivity index (χ1v) is 7.40. The maximum Gasteiger partial charge on any atom is 0.332 e. The van der Waals surface area contributed by atoms with Crippen molar-refractivity contribution in [2.45, 2.75) is 38.9 Å². The number of aryl methyl sites for hydroxylation is 2. The summed E-state index contributed by atoms with van der Waals surface area (Å²) in [7, 11) is 3.35. The fraction of sp³-hybridized carbons (Fsp3) is 0.643. The van der Waals surface area contributed by atoms with Gasteiger partial charge >= 0.3 is 5.69 Å². The third kappa shape index (κ3) is 2.97. The molecule has 2 aromatic heterocycles. The Bertz CT molecular complexity index is 758. The molecule has 0 radical (unpaired) electrons. The van der Waals surface area contributed by atoms with Crippen LogP contribution < -0.4 is 17.0 Å². The smallest absolute Gasteiger partial charge is 0.332 e. The van der Waals surface area contributed by atoms with Gasteiger partial charge in [-0.25, -0.2) is 9.78 Å². The number of hydrogen-bond donors (Lipinski definition) is 1. The summed E-state index contributed by atoms with van der Waals surface area (Å²) >= 11 is 0. The van der Waals surface area contributed by atoms with E-state index in [0.29, 0.717) is 37.2 Å². The Morgan fingerprint density at radius 3 is 2.73 bits per heavy atom. The molecule has 8 nitrogen and oxygen atoms in total. The van der Waals surface area contributed by atoms with Gasteiger partial charge in [-0.3, -0.25) is 13.9 Å². The van der Waals surface area contributed by atoms with E-state index in [4.69, 9.17) is 10.5 Å². The van der Waals surface area contributed by atoms with Gasteiger partial charge in [0.1, 0.15) is 0 Å². The minimum atomic E-state index is -0.365. The Balaban J connectivity index is 2.61. The molecular formula is C14H23N5O3. The van der Waals surface area contributed by atoms with Gasteiger partial charge in [0.05, 0.1) is 6.33 Å². The third-order valence-corrected chi connectivity index (χ3v) is 3.75. The molecule has 0 saturated carbocycles. The molecule has 0 aliphatic heterocycles. The Kier molecular flexibility index (Phi) is 5.15. The van der Waals surface area contributed by atoms with Crippen LogP contribution >= 0.6 is 0 Å². The van der Waals surface area contributed by atoms with Gasteiger partial charge in [0.2, 0.25) is 0 Å². The second-order valence-electron chi connectivity index (χ2n) is 5.39. The Hall–Kier alpha value is -1.93. The monoisotopic (exact) mass is 309 g/mol. The Morgan fingerprint density at radius 1 is 1.36 bits per heavy atom. The molecule has 122 valence electrons. The lowest BCUT2D eigenvalue weighted by atomic mass is 10.2. The van der Waals surface area contributed by atoms with E-state index < -0.39 is 0 Å². The molecule has 0 bridgehead atoms. The van der Waals surface area contributed by atoms with E-state index in [2.05, 4.69) is 4.98 Å². The molecule has 0 aliphatic carbocycles. The van der Waals surface area contributed by atoms with Crippen LogP contribution in [0.2, 0.25) is 0 Å². The SMILES string of the molecule is CCC(N)Cn1c(=O)c2c(ncn2C)n(CCCOC)c1=O. The zero-order chi connectivity index (χ0) is 16.3. The molecular weight excluding hydrogens is 286 g/mol. The maximum atomic E-state index is 12.6. The van der Waals surface area contributed by atoms with Crippen molar-refractivity contribution in [2.24, 2.45) is 12.8 Å². The van der Waals surface area contributed by atoms with Crippen molar-refractivity contribution in [3.63, 3.8) is 0 Å². The molecule has 0 amide bonds. The van der Waals surface area contributed by atoms with Crippen LogP contribution in [0.5, 0.6) is 0 Å². The van der Waals surface area contributed by atoms with Crippen LogP contribution in [0.15, 0.2) is 15.9 Å². The highest BCUT2D eigenvalue weighted by Gasteiger charge is 2.17. The lowest BCUT2D eigenvalue weighted by Gasteiger charge is -2.14. The molecule has 22 heavy (non-hydrogen) atoms. The average molecular weight is 309 g/mol. The van der Waals surface area contributed by atoms with Crippen LogP contribution in [0.3, 0.4) is 0 Å². The van der Waals surface area contributed by atoms with Gasteiger partial charge in [0.15, 0.2) is 11.2 Å². The number of imidazole rings is 1. The second-order valence-corrected chi connectivity index (χ2v) is 5.39. The lowest BCUT2D eigenvalue weighted by Crippen LogP contribution is -2.44. The zero-order valence-corrected chi connectivity index (χ0v) is 13.3. The van der Waals surface area contributed by atoms with E-state index in [1.165, 1.54) is 9.13 Å². The molecule has 2 heterocycles. The van der Waals surface area contributed by atoms with Crippen molar-refractivity contribution in [3.8, 4) is 0 Å². The molecule has 0 saturated heterocycles. The molecule has 0 aliphatic rings. The van der Waals surface area contributed by atoms with E-state index in [-0.39, 0.29) is 23.8 Å². The van der Waals surface area contributed by atoms with Gasteiger partial charge in [-0.1, -0.05) is 6.92 Å². The standard InChI is InChI=1S/C14H23N5O3/c1-4-10(15)8-19-13(20)11-12(16-9-17(11)2)18(14(19)21)6-5-7-22-3/h9-10H,4-8,15H2,1-3H3. The van der Waals surface area contributed by atoms with Gasteiger partial charge in [-0.15, -0.1) is 0 Å². The fourth-order valence-corrected chi connectivity index (χ4v) is 2.41. The van der Waals surface area contributed by atoms with Crippen molar-refractivity contribution < 1.29 is 4.74 Å². The van der Waals surface area contributed by atoms with Crippen LogP contribution in [-0.2, 0) is 24.9 Å². The first-order valence-electron chi connectivity index (χ1n) is 7.40. The summed E-state index contributed by atoms with van der Waals surface area (Å²) in [5.74, 6) is 0. The summed E-state index contributed by atoms with van der Waals surface area (Å²) in [5.41, 5.74) is 6.05. The minimum absolute atomic E-state index is 0.208. The van der Waals surface area contributed by atoms with E-state index in [1.54, 1.807) is 25.1 Å². The van der Waals surface area contributed by atoms with E-state index in [9.17, 15) is 9.59 Å². The first-order chi connectivity index (χ1) is 10.5. The van der Waals surface area contributed by atoms with Crippen molar-refractivity contribution in [1.29, 1.82) is 0 Å². The number of methoxy groups -OCH3 is 1. The fourth-order valence-electron chi connectivity index (χ4n) is 2.41. The maximum absolute atomic E-state index is 12.6. The van der Waals surface area contributed by atoms with Crippen LogP contribution in [0.4, 0.5) is 0 Å². The molecule has 1 atom stereocenters. The van der Waals surface area contributed by atoms with Gasteiger partial charge in [-0.2, -0.15) is 0 Å². The first kappa shape index (κ1) is 16.4. The molecule has 8 heteroatoms. The van der Waals surface area contributed by atoms with Gasteiger partial charge in [0, 0.05) is 39.9 Å². The normalized spacial score (nSPS) is 12.9. The second kappa shape index (κ2) is 6.89. The van der Waals surface area contributed by atoms with Gasteiger partial charge in [0.25, 0.3) is 5.56 Å². The zero-order valence-electron chi connectivity index (χ0n) is 13.3. The summed E-state index contributed by atoms with van der Waals surface area (Å²) in [5, 5.41) is 0. The number of nitrogens with zero attached hydrogens (tertiary/aromatic N) is 4. The number of aromatic nitrogens is 4. The molecule has 2 N–H and O–H groups in total. The van der Waals surface area contributed by atoms with Gasteiger partial charge in [-0.05, 0) is 12.8 Å². The van der Waals surface area contributed by atoms with Crippen LogP contribution in [0, 0.1) is 0 Å². The molecule has 0 spiro atoms. The minimum Gasteiger partial charge on any atom is -0.385 e. The summed E-state index contributed by atoms with van der Waals surface area (Å²) in [6.45, 7) is 3.12. The average Bonchev–Trinajstić information content (AvgIpc) is 2.88. The molecule has 0 aromatic carbocycles. The molecule has 1 unspecified atom stereocenters. The highest BCUT2D eigenvalue weighted by molar-refractivity contribution is 5.69. The van der Waals surface area contributed by atoms with E-state index >= 15 is 0 Å². The Morgan fingerprint density at radius 2 is 2.09 bits per heavy atom. The quantitative estimate of drug-likeness (QED) is 0.706. The molecule has 2 aromatic rings. The van der Waals surface area contributed by atoms with Crippen LogP contribution in [-0.4, -0.2) is 38.4 Å². The number of rotatable bonds is 7. The molecule has 0 fully saturated rings. The summed E-state index contributed by atoms with van der Waals surface area (Å²) in [6, 6.07) is -0.233. The van der Waals surface area contributed by atoms with E-state index in [1.807, 2.05) is 6.92 Å². The van der Waals surface area contributed by atoms with E-state index in [0.717, 1.165) is 0 Å². The number of fused-ring (bicyclic) bond motifs is 1.